The lowest BCUT2D eigenvalue weighted by Gasteiger charge is -2.24. The van der Waals surface area contributed by atoms with E-state index in [9.17, 15) is 14.7 Å². The van der Waals surface area contributed by atoms with Gasteiger partial charge in [0.15, 0.2) is 11.4 Å². The molecule has 0 unspecified atom stereocenters. The third-order valence-corrected chi connectivity index (χ3v) is 5.67. The number of benzene rings is 2. The summed E-state index contributed by atoms with van der Waals surface area (Å²) >= 11 is 1.58. The summed E-state index contributed by atoms with van der Waals surface area (Å²) in [6.07, 6.45) is 5.05. The van der Waals surface area contributed by atoms with Crippen LogP contribution in [0.5, 0.6) is 5.75 Å². The zero-order valence-corrected chi connectivity index (χ0v) is 18.9. The number of hydrogen-bond acceptors (Lipinski definition) is 6. The van der Waals surface area contributed by atoms with Crippen LogP contribution in [0, 0.1) is 13.8 Å². The Labute approximate surface area is 185 Å². The molecule has 0 aliphatic carbocycles. The number of aryl methyl sites for hydroxylation is 2. The second kappa shape index (κ2) is 8.51. The van der Waals surface area contributed by atoms with Gasteiger partial charge in [0.25, 0.3) is 0 Å². The largest absolute Gasteiger partial charge is 0.478 e. The van der Waals surface area contributed by atoms with Crippen LogP contribution in [0.25, 0.3) is 17.0 Å². The van der Waals surface area contributed by atoms with Crippen molar-refractivity contribution in [3.05, 3.63) is 58.9 Å². The number of carboxylic acids is 1. The first-order valence-corrected chi connectivity index (χ1v) is 10.9. The van der Waals surface area contributed by atoms with Gasteiger partial charge in [-0.3, -0.25) is 4.79 Å². The van der Waals surface area contributed by atoms with Gasteiger partial charge < -0.3 is 20.0 Å². The Bertz CT molecular complexity index is 1180. The molecule has 2 aromatic carbocycles. The number of nitrogen functional groups attached to an aromatic ring is 1. The number of carbonyl (C=O) groups excluding carboxylic acids is 1. The Kier molecular flexibility index (Phi) is 6.18. The summed E-state index contributed by atoms with van der Waals surface area (Å²) in [5.74, 6) is -0.751. The Morgan fingerprint density at radius 3 is 2.39 bits per heavy atom. The van der Waals surface area contributed by atoms with Gasteiger partial charge in [-0.25, -0.2) is 4.79 Å². The molecule has 0 radical (unpaired) electrons. The van der Waals surface area contributed by atoms with Gasteiger partial charge in [-0.15, -0.1) is 11.8 Å². The highest BCUT2D eigenvalue weighted by atomic mass is 32.2. The molecule has 0 saturated heterocycles. The van der Waals surface area contributed by atoms with Gasteiger partial charge in [-0.2, -0.15) is 0 Å². The number of carboxylic acid groups (broad SMARTS) is 1. The number of anilines is 1. The quantitative estimate of drug-likeness (QED) is 0.285. The van der Waals surface area contributed by atoms with Gasteiger partial charge in [-0.1, -0.05) is 6.08 Å². The van der Waals surface area contributed by atoms with Crippen molar-refractivity contribution >= 4 is 46.2 Å². The fourth-order valence-corrected chi connectivity index (χ4v) is 3.62. The second-order valence-electron chi connectivity index (χ2n) is 7.81. The highest BCUT2D eigenvalue weighted by Gasteiger charge is 2.30. The van der Waals surface area contributed by atoms with Crippen LogP contribution in [0.4, 0.5) is 5.69 Å². The number of furan rings is 1. The highest BCUT2D eigenvalue weighted by molar-refractivity contribution is 7.98. The van der Waals surface area contributed by atoms with E-state index in [1.165, 1.54) is 19.9 Å². The fourth-order valence-electron chi connectivity index (χ4n) is 3.19. The molecule has 3 N–H and O–H groups in total. The molecule has 0 aliphatic rings. The smallest absolute Gasteiger partial charge is 0.347 e. The topological polar surface area (TPSA) is 103 Å². The Balaban J connectivity index is 1.86. The minimum Gasteiger partial charge on any atom is -0.478 e. The number of ketones is 1. The van der Waals surface area contributed by atoms with Crippen LogP contribution in [0.2, 0.25) is 0 Å². The summed E-state index contributed by atoms with van der Waals surface area (Å²) in [7, 11) is 0. The second-order valence-corrected chi connectivity index (χ2v) is 8.69. The lowest BCUT2D eigenvalue weighted by molar-refractivity contribution is -0.152. The number of carbonyl (C=O) groups is 2. The van der Waals surface area contributed by atoms with Crippen LogP contribution in [0.15, 0.2) is 45.7 Å². The maximum Gasteiger partial charge on any atom is 0.347 e. The van der Waals surface area contributed by atoms with Gasteiger partial charge in [0.1, 0.15) is 11.3 Å². The molecule has 3 rings (SSSR count). The van der Waals surface area contributed by atoms with Crippen LogP contribution in [-0.2, 0) is 4.79 Å². The average Bonchev–Trinajstić information content (AvgIpc) is 3.04. The molecule has 0 bridgehead atoms. The van der Waals surface area contributed by atoms with Crippen molar-refractivity contribution in [2.24, 2.45) is 0 Å². The molecule has 1 heterocycles. The SMILES string of the molecule is CSc1ccc2c(N)c(C(=O)/C=C/c3cc(C)c(OC(C)(C)C(=O)O)c(C)c3)oc2c1. The van der Waals surface area contributed by atoms with E-state index in [-0.39, 0.29) is 11.5 Å². The fraction of sp³-hybridized carbons (Fsp3) is 0.250. The molecular weight excluding hydrogens is 414 g/mol. The summed E-state index contributed by atoms with van der Waals surface area (Å²) in [5.41, 5.74) is 8.01. The van der Waals surface area contributed by atoms with E-state index < -0.39 is 11.6 Å². The van der Waals surface area contributed by atoms with Gasteiger partial charge in [-0.05, 0) is 87.0 Å². The third kappa shape index (κ3) is 4.61. The highest BCUT2D eigenvalue weighted by Crippen LogP contribution is 2.32. The number of hydrogen-bond donors (Lipinski definition) is 2. The maximum atomic E-state index is 12.7. The van der Waals surface area contributed by atoms with Crippen molar-refractivity contribution in [1.29, 1.82) is 0 Å². The number of nitrogens with two attached hydrogens (primary N) is 1. The molecular formula is C24H25NO5S. The lowest BCUT2D eigenvalue weighted by atomic mass is 10.0. The van der Waals surface area contributed by atoms with Crippen molar-refractivity contribution in [1.82, 2.24) is 0 Å². The minimum absolute atomic E-state index is 0.112. The predicted molar refractivity (Wildman–Crippen MR) is 124 cm³/mol. The molecule has 6 nitrogen and oxygen atoms in total. The molecule has 162 valence electrons. The molecule has 1 aromatic heterocycles. The maximum absolute atomic E-state index is 12.7. The van der Waals surface area contributed by atoms with E-state index in [0.717, 1.165) is 21.6 Å². The van der Waals surface area contributed by atoms with Crippen LogP contribution in [-0.4, -0.2) is 28.7 Å². The zero-order chi connectivity index (χ0) is 22.9. The van der Waals surface area contributed by atoms with E-state index in [1.54, 1.807) is 17.8 Å². The number of thioether (sulfide) groups is 1. The van der Waals surface area contributed by atoms with Crippen LogP contribution in [0.1, 0.15) is 41.1 Å². The van der Waals surface area contributed by atoms with Gasteiger partial charge in [0.2, 0.25) is 5.78 Å². The van der Waals surface area contributed by atoms with E-state index in [0.29, 0.717) is 22.4 Å². The first-order valence-electron chi connectivity index (χ1n) is 9.65. The van der Waals surface area contributed by atoms with E-state index in [4.69, 9.17) is 14.9 Å². The normalized spacial score (nSPS) is 11.9. The van der Waals surface area contributed by atoms with Crippen molar-refractivity contribution in [3.63, 3.8) is 0 Å². The number of rotatable bonds is 7. The number of allylic oxidation sites excluding steroid dienone is 1. The molecule has 3 aromatic rings. The third-order valence-electron chi connectivity index (χ3n) is 4.94. The van der Waals surface area contributed by atoms with Crippen molar-refractivity contribution in [2.75, 3.05) is 12.0 Å². The van der Waals surface area contributed by atoms with Crippen molar-refractivity contribution in [3.8, 4) is 5.75 Å². The number of ether oxygens (including phenoxy) is 1. The molecule has 31 heavy (non-hydrogen) atoms. The average molecular weight is 440 g/mol. The Morgan fingerprint density at radius 2 is 1.81 bits per heavy atom. The van der Waals surface area contributed by atoms with E-state index >= 15 is 0 Å². The van der Waals surface area contributed by atoms with Crippen molar-refractivity contribution < 1.29 is 23.8 Å². The first-order chi connectivity index (χ1) is 14.5. The van der Waals surface area contributed by atoms with E-state index in [1.807, 2.05) is 50.4 Å². The van der Waals surface area contributed by atoms with Crippen LogP contribution < -0.4 is 10.5 Å². The molecule has 0 fully saturated rings. The number of fused-ring (bicyclic) bond motifs is 1. The predicted octanol–water partition coefficient (Wildman–Crippen LogP) is 5.49. The molecule has 0 amide bonds. The van der Waals surface area contributed by atoms with Gasteiger partial charge in [0, 0.05) is 10.3 Å². The van der Waals surface area contributed by atoms with Gasteiger partial charge >= 0.3 is 5.97 Å². The zero-order valence-electron chi connectivity index (χ0n) is 18.1. The van der Waals surface area contributed by atoms with E-state index in [2.05, 4.69) is 0 Å². The molecule has 7 heteroatoms. The summed E-state index contributed by atoms with van der Waals surface area (Å²) < 4.78 is 11.4. The molecule has 0 saturated carbocycles. The molecule has 0 atom stereocenters. The monoisotopic (exact) mass is 439 g/mol. The Morgan fingerprint density at radius 1 is 1.16 bits per heavy atom. The minimum atomic E-state index is -1.35. The molecule has 0 spiro atoms. The number of aliphatic carboxylic acids is 1. The summed E-state index contributed by atoms with van der Waals surface area (Å²) in [6, 6.07) is 9.31. The summed E-state index contributed by atoms with van der Waals surface area (Å²) in [5, 5.41) is 10.0. The van der Waals surface area contributed by atoms with Gasteiger partial charge in [0.05, 0.1) is 5.69 Å². The summed E-state index contributed by atoms with van der Waals surface area (Å²) in [4.78, 5) is 25.1. The van der Waals surface area contributed by atoms with Crippen LogP contribution in [0.3, 0.4) is 0 Å². The molecule has 0 aliphatic heterocycles. The Hall–Kier alpha value is -3.19. The lowest BCUT2D eigenvalue weighted by Crippen LogP contribution is -2.38. The van der Waals surface area contributed by atoms with Crippen molar-refractivity contribution in [2.45, 2.75) is 38.2 Å². The van der Waals surface area contributed by atoms with Crippen LogP contribution >= 0.6 is 11.8 Å². The standard InChI is InChI=1S/C24H25NO5S/c1-13-10-15(11-14(2)21(13)30-24(3,4)23(27)28)6-9-18(26)22-20(25)17-8-7-16(31-5)12-19(17)29-22/h6-12H,25H2,1-5H3,(H,27,28)/b9-6+. The first kappa shape index (κ1) is 22.5. The summed E-state index contributed by atoms with van der Waals surface area (Å²) in [6.45, 7) is 6.67.